The van der Waals surface area contributed by atoms with Gasteiger partial charge in [0.05, 0.1) is 0 Å². The van der Waals surface area contributed by atoms with Gasteiger partial charge in [-0.3, -0.25) is 4.79 Å². The zero-order chi connectivity index (χ0) is 23.2. The second-order valence-electron chi connectivity index (χ2n) is 8.23. The zero-order valence-corrected chi connectivity index (χ0v) is 20.4. The molecule has 0 saturated heterocycles. The van der Waals surface area contributed by atoms with Gasteiger partial charge in [0, 0.05) is 37.6 Å². The highest BCUT2D eigenvalue weighted by molar-refractivity contribution is 6.04. The van der Waals surface area contributed by atoms with E-state index in [9.17, 15) is 4.79 Å². The Bertz CT molecular complexity index is 766. The molecule has 2 aromatic rings. The first kappa shape index (κ1) is 25.5. The molecule has 3 heteroatoms. The van der Waals surface area contributed by atoms with E-state index in [4.69, 9.17) is 0 Å². The minimum absolute atomic E-state index is 0.00432. The van der Waals surface area contributed by atoms with Crippen LogP contribution in [0.4, 0.5) is 11.4 Å². The van der Waals surface area contributed by atoms with Crippen molar-refractivity contribution in [1.82, 2.24) is 0 Å². The van der Waals surface area contributed by atoms with Crippen molar-refractivity contribution in [1.29, 1.82) is 0 Å². The Morgan fingerprint density at radius 1 is 0.594 bits per heavy atom. The fraction of sp³-hybridized carbons (Fsp3) is 0.414. The third kappa shape index (κ3) is 8.37. The van der Waals surface area contributed by atoms with Crippen LogP contribution in [-0.2, 0) is 4.79 Å². The molecular weight excluding hydrogens is 392 g/mol. The van der Waals surface area contributed by atoms with E-state index in [1.165, 1.54) is 11.4 Å². The Hall–Kier alpha value is -2.81. The Balaban J connectivity index is 1.95. The number of carbonyl (C=O) groups is 1. The summed E-state index contributed by atoms with van der Waals surface area (Å²) < 4.78 is 0. The lowest BCUT2D eigenvalue weighted by Gasteiger charge is -2.23. The standard InChI is InChI=1S/C29H40N2O/c1-5-21-30(22-6-2)27-15-9-25(10-16-27)13-19-29(32)20-14-26-11-17-28(18-12-26)31(23-7-3)24-8-4/h9-20H,5-8,21-24H2,1-4H3. The molecule has 0 aliphatic heterocycles. The molecule has 2 rings (SSSR count). The molecule has 0 aliphatic rings. The first-order chi connectivity index (χ1) is 15.6. The smallest absolute Gasteiger partial charge is 0.178 e. The summed E-state index contributed by atoms with van der Waals surface area (Å²) in [5.74, 6) is -0.00432. The first-order valence-corrected chi connectivity index (χ1v) is 12.2. The van der Waals surface area contributed by atoms with Crippen LogP contribution in [0.1, 0.15) is 64.5 Å². The predicted molar refractivity (Wildman–Crippen MR) is 142 cm³/mol. The van der Waals surface area contributed by atoms with E-state index in [0.717, 1.165) is 63.0 Å². The van der Waals surface area contributed by atoms with Crippen molar-refractivity contribution >= 4 is 29.3 Å². The van der Waals surface area contributed by atoms with Crippen molar-refractivity contribution in [2.75, 3.05) is 36.0 Å². The van der Waals surface area contributed by atoms with Crippen molar-refractivity contribution < 1.29 is 4.79 Å². The molecule has 0 N–H and O–H groups in total. The van der Waals surface area contributed by atoms with Gasteiger partial charge in [-0.05, 0) is 73.2 Å². The van der Waals surface area contributed by atoms with E-state index in [1.54, 1.807) is 12.2 Å². The second kappa shape index (κ2) is 14.3. The SMILES string of the molecule is CCCN(CCC)c1ccc(C=CC(=O)C=Cc2ccc(N(CCC)CCC)cc2)cc1. The number of allylic oxidation sites excluding steroid dienone is 2. The average Bonchev–Trinajstić information content (AvgIpc) is 2.82. The van der Waals surface area contributed by atoms with E-state index in [1.807, 2.05) is 12.2 Å². The van der Waals surface area contributed by atoms with Crippen LogP contribution in [0.5, 0.6) is 0 Å². The van der Waals surface area contributed by atoms with Crippen molar-refractivity contribution in [2.45, 2.75) is 53.4 Å². The van der Waals surface area contributed by atoms with Gasteiger partial charge in [0.2, 0.25) is 0 Å². The van der Waals surface area contributed by atoms with E-state index >= 15 is 0 Å². The summed E-state index contributed by atoms with van der Waals surface area (Å²) in [5, 5.41) is 0. The summed E-state index contributed by atoms with van der Waals surface area (Å²) in [4.78, 5) is 17.1. The number of hydrogen-bond acceptors (Lipinski definition) is 3. The van der Waals surface area contributed by atoms with Crippen molar-refractivity contribution in [3.8, 4) is 0 Å². The Morgan fingerprint density at radius 2 is 0.906 bits per heavy atom. The van der Waals surface area contributed by atoms with Crippen molar-refractivity contribution in [2.24, 2.45) is 0 Å². The van der Waals surface area contributed by atoms with Crippen LogP contribution in [-0.4, -0.2) is 32.0 Å². The van der Waals surface area contributed by atoms with Crippen LogP contribution in [0, 0.1) is 0 Å². The summed E-state index contributed by atoms with van der Waals surface area (Å²) >= 11 is 0. The molecule has 0 saturated carbocycles. The number of nitrogens with zero attached hydrogens (tertiary/aromatic N) is 2. The summed E-state index contributed by atoms with van der Waals surface area (Å²) in [5.41, 5.74) is 4.58. The maximum Gasteiger partial charge on any atom is 0.178 e. The molecule has 0 bridgehead atoms. The topological polar surface area (TPSA) is 23.6 Å². The molecule has 0 heterocycles. The molecule has 0 amide bonds. The number of carbonyl (C=O) groups excluding carboxylic acids is 1. The average molecular weight is 433 g/mol. The van der Waals surface area contributed by atoms with E-state index < -0.39 is 0 Å². The van der Waals surface area contributed by atoms with Crippen LogP contribution >= 0.6 is 0 Å². The number of rotatable bonds is 14. The highest BCUT2D eigenvalue weighted by atomic mass is 16.1. The number of hydrogen-bond donors (Lipinski definition) is 0. The molecule has 0 unspecified atom stereocenters. The maximum atomic E-state index is 12.3. The van der Waals surface area contributed by atoms with Gasteiger partial charge in [0.25, 0.3) is 0 Å². The number of anilines is 2. The van der Waals surface area contributed by atoms with Gasteiger partial charge in [-0.2, -0.15) is 0 Å². The summed E-state index contributed by atoms with van der Waals surface area (Å²) in [6, 6.07) is 16.9. The van der Waals surface area contributed by atoms with Crippen molar-refractivity contribution in [3.05, 3.63) is 71.8 Å². The lowest BCUT2D eigenvalue weighted by Crippen LogP contribution is -2.24. The van der Waals surface area contributed by atoms with E-state index in [0.29, 0.717) is 0 Å². The Morgan fingerprint density at radius 3 is 1.19 bits per heavy atom. The third-order valence-corrected chi connectivity index (χ3v) is 5.37. The van der Waals surface area contributed by atoms with Crippen LogP contribution in [0.15, 0.2) is 60.7 Å². The minimum atomic E-state index is -0.00432. The minimum Gasteiger partial charge on any atom is -0.372 e. The predicted octanol–water partition coefficient (Wildman–Crippen LogP) is 7.24. The van der Waals surface area contributed by atoms with E-state index in [-0.39, 0.29) is 5.78 Å². The lowest BCUT2D eigenvalue weighted by atomic mass is 10.1. The quantitative estimate of drug-likeness (QED) is 0.294. The van der Waals surface area contributed by atoms with Crippen LogP contribution in [0.25, 0.3) is 12.2 Å². The maximum absolute atomic E-state index is 12.3. The van der Waals surface area contributed by atoms with Gasteiger partial charge >= 0.3 is 0 Å². The van der Waals surface area contributed by atoms with Gasteiger partial charge in [-0.1, -0.05) is 64.1 Å². The molecule has 0 aliphatic carbocycles. The molecule has 0 radical (unpaired) electrons. The Labute approximate surface area is 195 Å². The van der Waals surface area contributed by atoms with Gasteiger partial charge < -0.3 is 9.80 Å². The fourth-order valence-corrected chi connectivity index (χ4v) is 3.82. The molecule has 0 spiro atoms. The van der Waals surface area contributed by atoms with Gasteiger partial charge in [-0.15, -0.1) is 0 Å². The normalized spacial score (nSPS) is 11.4. The number of ketones is 1. The van der Waals surface area contributed by atoms with Crippen LogP contribution < -0.4 is 9.80 Å². The van der Waals surface area contributed by atoms with Gasteiger partial charge in [0.15, 0.2) is 5.78 Å². The number of benzene rings is 2. The second-order valence-corrected chi connectivity index (χ2v) is 8.23. The van der Waals surface area contributed by atoms with Gasteiger partial charge in [0.1, 0.15) is 0 Å². The monoisotopic (exact) mass is 432 g/mol. The molecule has 0 aromatic heterocycles. The summed E-state index contributed by atoms with van der Waals surface area (Å²) in [6.45, 7) is 13.1. The zero-order valence-electron chi connectivity index (χ0n) is 20.4. The molecule has 172 valence electrons. The first-order valence-electron chi connectivity index (χ1n) is 12.2. The third-order valence-electron chi connectivity index (χ3n) is 5.37. The van der Waals surface area contributed by atoms with E-state index in [2.05, 4.69) is 86.0 Å². The molecular formula is C29H40N2O. The molecule has 2 aromatic carbocycles. The highest BCUT2D eigenvalue weighted by Crippen LogP contribution is 2.18. The van der Waals surface area contributed by atoms with Gasteiger partial charge in [-0.25, -0.2) is 0 Å². The molecule has 0 atom stereocenters. The highest BCUT2D eigenvalue weighted by Gasteiger charge is 2.05. The molecule has 3 nitrogen and oxygen atoms in total. The molecule has 32 heavy (non-hydrogen) atoms. The Kier molecular flexibility index (Phi) is 11.4. The largest absolute Gasteiger partial charge is 0.372 e. The molecule has 0 fully saturated rings. The van der Waals surface area contributed by atoms with Crippen LogP contribution in [0.3, 0.4) is 0 Å². The van der Waals surface area contributed by atoms with Crippen molar-refractivity contribution in [3.63, 3.8) is 0 Å². The summed E-state index contributed by atoms with van der Waals surface area (Å²) in [7, 11) is 0. The lowest BCUT2D eigenvalue weighted by molar-refractivity contribution is -0.110. The summed E-state index contributed by atoms with van der Waals surface area (Å²) in [6.07, 6.45) is 11.6. The van der Waals surface area contributed by atoms with Crippen LogP contribution in [0.2, 0.25) is 0 Å². The fourth-order valence-electron chi connectivity index (χ4n) is 3.82.